The summed E-state index contributed by atoms with van der Waals surface area (Å²) in [6.07, 6.45) is 6.56. The van der Waals surface area contributed by atoms with Crippen molar-refractivity contribution in [2.24, 2.45) is 10.8 Å². The molecular weight excluding hydrogens is 316 g/mol. The van der Waals surface area contributed by atoms with Crippen molar-refractivity contribution in [3.63, 3.8) is 0 Å². The highest BCUT2D eigenvalue weighted by atomic mass is 79.9. The van der Waals surface area contributed by atoms with Gasteiger partial charge < -0.3 is 5.32 Å². The number of halogens is 1. The van der Waals surface area contributed by atoms with Crippen molar-refractivity contribution >= 4 is 21.8 Å². The van der Waals surface area contributed by atoms with Crippen molar-refractivity contribution in [3.05, 3.63) is 28.5 Å². The lowest BCUT2D eigenvalue weighted by atomic mass is 9.63. The van der Waals surface area contributed by atoms with Gasteiger partial charge in [0.15, 0.2) is 0 Å². The molecule has 4 heteroatoms. The van der Waals surface area contributed by atoms with Crippen molar-refractivity contribution in [1.29, 1.82) is 0 Å². The number of amides is 1. The number of nitrogens with zero attached hydrogens (tertiary/aromatic N) is 1. The molecule has 0 atom stereocenters. The second kappa shape index (κ2) is 5.47. The van der Waals surface area contributed by atoms with Crippen LogP contribution < -0.4 is 5.32 Å². The lowest BCUT2D eigenvalue weighted by Crippen LogP contribution is -2.46. The first-order valence-corrected chi connectivity index (χ1v) is 7.88. The third-order valence-electron chi connectivity index (χ3n) is 3.86. The molecule has 1 aliphatic rings. The van der Waals surface area contributed by atoms with Gasteiger partial charge in [0.05, 0.1) is 5.56 Å². The minimum absolute atomic E-state index is 0.0303. The lowest BCUT2D eigenvalue weighted by Gasteiger charge is -2.45. The Kier molecular flexibility index (Phi) is 4.24. The van der Waals surface area contributed by atoms with E-state index in [4.69, 9.17) is 0 Å². The Hall–Kier alpha value is -0.900. The first-order valence-electron chi connectivity index (χ1n) is 7.08. The van der Waals surface area contributed by atoms with Gasteiger partial charge in [-0.15, -0.1) is 0 Å². The molecule has 0 aromatic carbocycles. The molecule has 1 N–H and O–H groups in total. The van der Waals surface area contributed by atoms with Crippen LogP contribution in [-0.4, -0.2) is 16.9 Å². The number of nitrogens with one attached hydrogen (secondary N) is 1. The molecule has 0 bridgehead atoms. The fourth-order valence-corrected chi connectivity index (χ4v) is 4.12. The van der Waals surface area contributed by atoms with Gasteiger partial charge in [-0.3, -0.25) is 9.78 Å². The summed E-state index contributed by atoms with van der Waals surface area (Å²) in [6.45, 7) is 9.14. The number of rotatable bonds is 2. The van der Waals surface area contributed by atoms with Crippen LogP contribution in [0.25, 0.3) is 0 Å². The number of carbonyl (C=O) groups excluding carboxylic acids is 1. The van der Waals surface area contributed by atoms with E-state index in [1.54, 1.807) is 18.5 Å². The largest absolute Gasteiger partial charge is 0.349 e. The second-order valence-electron chi connectivity index (χ2n) is 7.48. The van der Waals surface area contributed by atoms with Crippen LogP contribution in [0.4, 0.5) is 0 Å². The van der Waals surface area contributed by atoms with E-state index in [2.05, 4.69) is 53.9 Å². The highest BCUT2D eigenvalue weighted by molar-refractivity contribution is 9.10. The summed E-state index contributed by atoms with van der Waals surface area (Å²) in [7, 11) is 0. The van der Waals surface area contributed by atoms with E-state index in [0.29, 0.717) is 5.56 Å². The maximum atomic E-state index is 12.3. The average molecular weight is 339 g/mol. The molecule has 2 rings (SSSR count). The molecule has 0 saturated heterocycles. The zero-order valence-electron chi connectivity index (χ0n) is 12.7. The number of pyridine rings is 1. The summed E-state index contributed by atoms with van der Waals surface area (Å²) in [4.78, 5) is 16.4. The van der Waals surface area contributed by atoms with Crippen molar-refractivity contribution in [1.82, 2.24) is 10.3 Å². The minimum Gasteiger partial charge on any atom is -0.349 e. The molecule has 0 aliphatic heterocycles. The molecule has 1 aromatic rings. The Morgan fingerprint density at radius 1 is 1.25 bits per heavy atom. The highest BCUT2D eigenvalue weighted by Gasteiger charge is 2.38. The summed E-state index contributed by atoms with van der Waals surface area (Å²) >= 11 is 3.35. The van der Waals surface area contributed by atoms with Crippen molar-refractivity contribution < 1.29 is 4.79 Å². The second-order valence-corrected chi connectivity index (χ2v) is 8.39. The average Bonchev–Trinajstić information content (AvgIpc) is 2.24. The van der Waals surface area contributed by atoms with Crippen LogP contribution in [0.3, 0.4) is 0 Å². The lowest BCUT2D eigenvalue weighted by molar-refractivity contribution is 0.0713. The smallest absolute Gasteiger partial charge is 0.253 e. The highest BCUT2D eigenvalue weighted by Crippen LogP contribution is 2.45. The molecule has 1 amide bonds. The van der Waals surface area contributed by atoms with Gasteiger partial charge in [0.1, 0.15) is 0 Å². The van der Waals surface area contributed by atoms with Gasteiger partial charge in [0.25, 0.3) is 5.91 Å². The fourth-order valence-electron chi connectivity index (χ4n) is 3.75. The standard InChI is InChI=1S/C16H23BrN2O/c1-15(2)6-13(7-16(3,4)10-15)19-14(20)11-5-12(17)9-18-8-11/h5,8-9,13H,6-7,10H2,1-4H3,(H,19,20). The first-order chi connectivity index (χ1) is 9.17. The Morgan fingerprint density at radius 3 is 2.40 bits per heavy atom. The van der Waals surface area contributed by atoms with Crippen LogP contribution in [0.5, 0.6) is 0 Å². The Labute approximate surface area is 129 Å². The Morgan fingerprint density at radius 2 is 1.85 bits per heavy atom. The molecule has 0 spiro atoms. The van der Waals surface area contributed by atoms with Crippen molar-refractivity contribution in [3.8, 4) is 0 Å². The maximum Gasteiger partial charge on any atom is 0.253 e. The maximum absolute atomic E-state index is 12.3. The first kappa shape index (κ1) is 15.5. The van der Waals surface area contributed by atoms with Gasteiger partial charge >= 0.3 is 0 Å². The molecule has 1 heterocycles. The summed E-state index contributed by atoms with van der Waals surface area (Å²) < 4.78 is 0.828. The van der Waals surface area contributed by atoms with E-state index in [1.807, 2.05) is 0 Å². The molecular formula is C16H23BrN2O. The van der Waals surface area contributed by atoms with Gasteiger partial charge in [-0.25, -0.2) is 0 Å². The predicted molar refractivity (Wildman–Crippen MR) is 84.6 cm³/mol. The van der Waals surface area contributed by atoms with E-state index in [1.165, 1.54) is 6.42 Å². The normalized spacial score (nSPS) is 21.4. The van der Waals surface area contributed by atoms with Gasteiger partial charge in [-0.2, -0.15) is 0 Å². The van der Waals surface area contributed by atoms with Crippen LogP contribution in [0.2, 0.25) is 0 Å². The molecule has 0 radical (unpaired) electrons. The summed E-state index contributed by atoms with van der Waals surface area (Å²) in [6, 6.07) is 2.04. The summed E-state index contributed by atoms with van der Waals surface area (Å²) in [5.41, 5.74) is 1.16. The van der Waals surface area contributed by atoms with E-state index >= 15 is 0 Å². The summed E-state index contributed by atoms with van der Waals surface area (Å²) in [5.74, 6) is -0.0303. The number of carbonyl (C=O) groups is 1. The fraction of sp³-hybridized carbons (Fsp3) is 0.625. The Balaban J connectivity index is 2.08. The van der Waals surface area contributed by atoms with Crippen LogP contribution in [0.1, 0.15) is 57.3 Å². The quantitative estimate of drug-likeness (QED) is 0.878. The number of aromatic nitrogens is 1. The molecule has 1 aromatic heterocycles. The Bertz CT molecular complexity index is 495. The number of hydrogen-bond acceptors (Lipinski definition) is 2. The van der Waals surface area contributed by atoms with Crippen LogP contribution in [0.15, 0.2) is 22.9 Å². The van der Waals surface area contributed by atoms with Crippen molar-refractivity contribution in [2.45, 2.75) is 53.0 Å². The molecule has 1 aliphatic carbocycles. The SMILES string of the molecule is CC1(C)CC(NC(=O)c2cncc(Br)c2)CC(C)(C)C1. The minimum atomic E-state index is -0.0303. The van der Waals surface area contributed by atoms with Gasteiger partial charge in [0, 0.05) is 22.9 Å². The monoisotopic (exact) mass is 338 g/mol. The van der Waals surface area contributed by atoms with E-state index < -0.39 is 0 Å². The number of hydrogen-bond donors (Lipinski definition) is 1. The molecule has 20 heavy (non-hydrogen) atoms. The topological polar surface area (TPSA) is 42.0 Å². The van der Waals surface area contributed by atoms with Gasteiger partial charge in [-0.05, 0) is 52.1 Å². The van der Waals surface area contributed by atoms with Crippen LogP contribution in [0, 0.1) is 10.8 Å². The van der Waals surface area contributed by atoms with E-state index in [0.717, 1.165) is 17.3 Å². The predicted octanol–water partition coefficient (Wildman–Crippen LogP) is 4.18. The zero-order chi connectivity index (χ0) is 15.0. The van der Waals surface area contributed by atoms with E-state index in [-0.39, 0.29) is 22.8 Å². The van der Waals surface area contributed by atoms with Gasteiger partial charge in [0.2, 0.25) is 0 Å². The van der Waals surface area contributed by atoms with E-state index in [9.17, 15) is 4.79 Å². The third-order valence-corrected chi connectivity index (χ3v) is 4.29. The van der Waals surface area contributed by atoms with Gasteiger partial charge in [-0.1, -0.05) is 27.7 Å². The molecule has 1 fully saturated rings. The molecule has 110 valence electrons. The summed E-state index contributed by atoms with van der Waals surface area (Å²) in [5, 5.41) is 3.17. The molecule has 0 unspecified atom stereocenters. The third kappa shape index (κ3) is 4.05. The van der Waals surface area contributed by atoms with Crippen LogP contribution in [-0.2, 0) is 0 Å². The molecule has 1 saturated carbocycles. The zero-order valence-corrected chi connectivity index (χ0v) is 14.3. The van der Waals surface area contributed by atoms with Crippen LogP contribution >= 0.6 is 15.9 Å². The van der Waals surface area contributed by atoms with Crippen molar-refractivity contribution in [2.75, 3.05) is 0 Å². The molecule has 3 nitrogen and oxygen atoms in total.